The van der Waals surface area contributed by atoms with Gasteiger partial charge in [-0.1, -0.05) is 11.6 Å². The van der Waals surface area contributed by atoms with Crippen molar-refractivity contribution >= 4 is 21.6 Å². The molecule has 0 spiro atoms. The van der Waals surface area contributed by atoms with E-state index in [1.165, 1.54) is 25.4 Å². The number of aliphatic hydroxyl groups excluding tert-OH is 1. The van der Waals surface area contributed by atoms with Crippen molar-refractivity contribution < 1.29 is 18.3 Å². The van der Waals surface area contributed by atoms with Crippen molar-refractivity contribution in [3.63, 3.8) is 0 Å². The first kappa shape index (κ1) is 15.3. The van der Waals surface area contributed by atoms with Gasteiger partial charge in [0.1, 0.15) is 5.15 Å². The van der Waals surface area contributed by atoms with Crippen LogP contribution in [0.3, 0.4) is 0 Å². The monoisotopic (exact) mass is 294 g/mol. The zero-order valence-electron chi connectivity index (χ0n) is 9.84. The zero-order valence-corrected chi connectivity index (χ0v) is 11.4. The molecule has 1 atom stereocenters. The Balaban J connectivity index is 2.86. The van der Waals surface area contributed by atoms with Crippen molar-refractivity contribution in [3.05, 3.63) is 23.5 Å². The second-order valence-electron chi connectivity index (χ2n) is 3.60. The summed E-state index contributed by atoms with van der Waals surface area (Å²) in [5.41, 5.74) is 0. The molecule has 102 valence electrons. The molecule has 1 rings (SSSR count). The Hall–Kier alpha value is -0.730. The molecule has 6 nitrogen and oxygen atoms in total. The fourth-order valence-corrected chi connectivity index (χ4v) is 2.88. The number of halogens is 1. The topological polar surface area (TPSA) is 88.5 Å². The highest BCUT2D eigenvalue weighted by Crippen LogP contribution is 2.13. The van der Waals surface area contributed by atoms with Gasteiger partial charge in [0.15, 0.2) is 0 Å². The van der Waals surface area contributed by atoms with Crippen LogP contribution in [-0.4, -0.2) is 44.9 Å². The maximum absolute atomic E-state index is 12.0. The van der Waals surface area contributed by atoms with Crippen LogP contribution in [0.1, 0.15) is 6.42 Å². The smallest absolute Gasteiger partial charge is 0.241 e. The lowest BCUT2D eigenvalue weighted by molar-refractivity contribution is 0.158. The van der Waals surface area contributed by atoms with Crippen molar-refractivity contribution in [3.8, 4) is 0 Å². The number of aliphatic hydroxyl groups is 1. The fourth-order valence-electron chi connectivity index (χ4n) is 1.37. The van der Waals surface area contributed by atoms with Gasteiger partial charge in [-0.2, -0.15) is 0 Å². The van der Waals surface area contributed by atoms with E-state index in [4.69, 9.17) is 21.4 Å². The number of nitrogens with zero attached hydrogens (tertiary/aromatic N) is 1. The van der Waals surface area contributed by atoms with Gasteiger partial charge >= 0.3 is 0 Å². The van der Waals surface area contributed by atoms with Gasteiger partial charge in [-0.15, -0.1) is 0 Å². The van der Waals surface area contributed by atoms with E-state index in [0.29, 0.717) is 0 Å². The molecule has 18 heavy (non-hydrogen) atoms. The highest BCUT2D eigenvalue weighted by Gasteiger charge is 2.20. The summed E-state index contributed by atoms with van der Waals surface area (Å²) in [5.74, 6) is 0. The summed E-state index contributed by atoms with van der Waals surface area (Å²) in [5, 5.41) is 8.95. The summed E-state index contributed by atoms with van der Waals surface area (Å²) in [7, 11) is -2.23. The molecule has 0 radical (unpaired) electrons. The molecule has 0 aliphatic heterocycles. The lowest BCUT2D eigenvalue weighted by Gasteiger charge is -2.16. The van der Waals surface area contributed by atoms with Crippen LogP contribution >= 0.6 is 11.6 Å². The van der Waals surface area contributed by atoms with Gasteiger partial charge in [0.25, 0.3) is 0 Å². The molecule has 0 saturated heterocycles. The van der Waals surface area contributed by atoms with Crippen molar-refractivity contribution in [2.45, 2.75) is 17.4 Å². The van der Waals surface area contributed by atoms with Gasteiger partial charge in [0.2, 0.25) is 10.0 Å². The Labute approximate surface area is 111 Å². The quantitative estimate of drug-likeness (QED) is 0.711. The predicted molar refractivity (Wildman–Crippen MR) is 66.9 cm³/mol. The van der Waals surface area contributed by atoms with Crippen LogP contribution in [0.4, 0.5) is 0 Å². The number of hydrogen-bond acceptors (Lipinski definition) is 5. The van der Waals surface area contributed by atoms with Crippen molar-refractivity contribution in [1.82, 2.24) is 9.71 Å². The standard InChI is InChI=1S/C10H15ClN2O4S/c1-17-7-8(3-5-14)13-18(15,16)9-2-4-12-10(11)6-9/h2,4,6,8,13-14H,3,5,7H2,1H3. The van der Waals surface area contributed by atoms with Gasteiger partial charge in [-0.25, -0.2) is 18.1 Å². The van der Waals surface area contributed by atoms with Crippen LogP contribution in [0.2, 0.25) is 5.15 Å². The van der Waals surface area contributed by atoms with Crippen molar-refractivity contribution in [2.75, 3.05) is 20.3 Å². The molecule has 1 aromatic rings. The number of nitrogens with one attached hydrogen (secondary N) is 1. The minimum Gasteiger partial charge on any atom is -0.396 e. The van der Waals surface area contributed by atoms with Crippen LogP contribution in [0, 0.1) is 0 Å². The van der Waals surface area contributed by atoms with E-state index < -0.39 is 16.1 Å². The van der Waals surface area contributed by atoms with E-state index >= 15 is 0 Å². The lowest BCUT2D eigenvalue weighted by Crippen LogP contribution is -2.38. The third-order valence-corrected chi connectivity index (χ3v) is 3.90. The van der Waals surface area contributed by atoms with E-state index in [1.54, 1.807) is 0 Å². The number of pyridine rings is 1. The summed E-state index contributed by atoms with van der Waals surface area (Å²) in [4.78, 5) is 3.74. The summed E-state index contributed by atoms with van der Waals surface area (Å²) < 4.78 is 31.3. The molecule has 2 N–H and O–H groups in total. The normalized spacial score (nSPS) is 13.5. The Bertz CT molecular complexity index is 475. The first-order chi connectivity index (χ1) is 8.49. The summed E-state index contributed by atoms with van der Waals surface area (Å²) in [6, 6.07) is 2.11. The molecule has 0 saturated carbocycles. The number of sulfonamides is 1. The largest absolute Gasteiger partial charge is 0.396 e. The zero-order chi connectivity index (χ0) is 13.6. The SMILES string of the molecule is COCC(CCO)NS(=O)(=O)c1ccnc(Cl)c1. The van der Waals surface area contributed by atoms with Crippen LogP contribution in [0.5, 0.6) is 0 Å². The van der Waals surface area contributed by atoms with E-state index in [0.717, 1.165) is 0 Å². The molecule has 0 fully saturated rings. The molecule has 1 unspecified atom stereocenters. The minimum atomic E-state index is -3.69. The molecular formula is C10H15ClN2O4S. The molecule has 8 heteroatoms. The van der Waals surface area contributed by atoms with Crippen molar-refractivity contribution in [1.29, 1.82) is 0 Å². The molecule has 0 bridgehead atoms. The second kappa shape index (κ2) is 7.01. The summed E-state index contributed by atoms with van der Waals surface area (Å²) in [6.45, 7) is 0.0479. The maximum Gasteiger partial charge on any atom is 0.241 e. The number of hydrogen-bond donors (Lipinski definition) is 2. The van der Waals surface area contributed by atoms with E-state index in [9.17, 15) is 8.42 Å². The molecule has 0 amide bonds. The van der Waals surface area contributed by atoms with Crippen LogP contribution in [0.25, 0.3) is 0 Å². The third kappa shape index (κ3) is 4.51. The van der Waals surface area contributed by atoms with Gasteiger partial charge in [0, 0.05) is 26.0 Å². The molecular weight excluding hydrogens is 280 g/mol. The number of methoxy groups -OCH3 is 1. The number of ether oxygens (including phenoxy) is 1. The molecule has 0 aliphatic rings. The average Bonchev–Trinajstić information content (AvgIpc) is 2.29. The molecule has 0 aliphatic carbocycles. The highest BCUT2D eigenvalue weighted by molar-refractivity contribution is 7.89. The Morgan fingerprint density at radius 1 is 1.61 bits per heavy atom. The second-order valence-corrected chi connectivity index (χ2v) is 5.70. The van der Waals surface area contributed by atoms with Crippen LogP contribution in [0.15, 0.2) is 23.2 Å². The first-order valence-corrected chi connectivity index (χ1v) is 7.09. The van der Waals surface area contributed by atoms with Gasteiger partial charge in [0.05, 0.1) is 11.5 Å². The average molecular weight is 295 g/mol. The Morgan fingerprint density at radius 3 is 2.89 bits per heavy atom. The van der Waals surface area contributed by atoms with E-state index in [1.807, 2.05) is 0 Å². The van der Waals surface area contributed by atoms with Crippen LogP contribution < -0.4 is 4.72 Å². The van der Waals surface area contributed by atoms with Gasteiger partial charge in [-0.05, 0) is 18.6 Å². The molecule has 1 aromatic heterocycles. The fraction of sp³-hybridized carbons (Fsp3) is 0.500. The Morgan fingerprint density at radius 2 is 2.33 bits per heavy atom. The number of rotatable bonds is 7. The maximum atomic E-state index is 12.0. The third-order valence-electron chi connectivity index (χ3n) is 2.18. The molecule has 1 heterocycles. The van der Waals surface area contributed by atoms with Crippen molar-refractivity contribution in [2.24, 2.45) is 0 Å². The van der Waals surface area contributed by atoms with Gasteiger partial charge < -0.3 is 9.84 Å². The Kier molecular flexibility index (Phi) is 5.97. The number of aromatic nitrogens is 1. The van der Waals surface area contributed by atoms with Crippen LogP contribution in [-0.2, 0) is 14.8 Å². The molecule has 0 aromatic carbocycles. The highest BCUT2D eigenvalue weighted by atomic mass is 35.5. The lowest BCUT2D eigenvalue weighted by atomic mass is 10.2. The predicted octanol–water partition coefficient (Wildman–Crippen LogP) is 0.411. The first-order valence-electron chi connectivity index (χ1n) is 5.23. The van der Waals surface area contributed by atoms with E-state index in [-0.39, 0.29) is 29.7 Å². The van der Waals surface area contributed by atoms with E-state index in [2.05, 4.69) is 9.71 Å². The summed E-state index contributed by atoms with van der Waals surface area (Å²) in [6.07, 6.45) is 1.58. The van der Waals surface area contributed by atoms with Gasteiger partial charge in [-0.3, -0.25) is 0 Å². The summed E-state index contributed by atoms with van der Waals surface area (Å²) >= 11 is 5.64. The minimum absolute atomic E-state index is 0.0292.